The van der Waals surface area contributed by atoms with Gasteiger partial charge in [-0.25, -0.2) is 9.59 Å². The second kappa shape index (κ2) is 9.05. The first-order chi connectivity index (χ1) is 15.7. The summed E-state index contributed by atoms with van der Waals surface area (Å²) >= 11 is 0. The number of carbonyl (C=O) groups excluding carboxylic acids is 1. The third-order valence-corrected chi connectivity index (χ3v) is 6.21. The lowest BCUT2D eigenvalue weighted by Crippen LogP contribution is -2.34. The van der Waals surface area contributed by atoms with Crippen LogP contribution in [0.5, 0.6) is 0 Å². The van der Waals surface area contributed by atoms with Crippen molar-refractivity contribution in [3.8, 4) is 11.1 Å². The SMILES string of the molecule is O=C(N[C@H](C(=O)O)c1ccc(CS(=O)(=O)O)cc1)OCC1c2ccccc2-c2ccccc21. The molecule has 0 aromatic heterocycles. The van der Waals surface area contributed by atoms with Crippen LogP contribution in [0.4, 0.5) is 4.79 Å². The summed E-state index contributed by atoms with van der Waals surface area (Å²) in [6.07, 6.45) is -0.883. The number of rotatable bonds is 7. The van der Waals surface area contributed by atoms with E-state index in [0.29, 0.717) is 0 Å². The van der Waals surface area contributed by atoms with Crippen molar-refractivity contribution in [2.45, 2.75) is 17.7 Å². The maximum atomic E-state index is 12.5. The molecule has 0 aliphatic heterocycles. The lowest BCUT2D eigenvalue weighted by Gasteiger charge is -2.18. The smallest absolute Gasteiger partial charge is 0.408 e. The maximum Gasteiger partial charge on any atom is 0.408 e. The van der Waals surface area contributed by atoms with Crippen LogP contribution in [0.1, 0.15) is 34.2 Å². The number of carbonyl (C=O) groups is 2. The number of hydrogen-bond donors (Lipinski definition) is 3. The first-order valence-electron chi connectivity index (χ1n) is 10.1. The number of amides is 1. The van der Waals surface area contributed by atoms with Gasteiger partial charge < -0.3 is 15.2 Å². The van der Waals surface area contributed by atoms with E-state index in [1.54, 1.807) is 0 Å². The summed E-state index contributed by atoms with van der Waals surface area (Å²) in [6.45, 7) is 0.0412. The molecule has 1 amide bonds. The number of benzene rings is 3. The quantitative estimate of drug-likeness (QED) is 0.451. The molecule has 0 heterocycles. The molecular weight excluding hydrogens is 446 g/mol. The van der Waals surface area contributed by atoms with Gasteiger partial charge >= 0.3 is 12.1 Å². The van der Waals surface area contributed by atoms with Crippen molar-refractivity contribution in [3.63, 3.8) is 0 Å². The minimum Gasteiger partial charge on any atom is -0.479 e. The third-order valence-electron chi connectivity index (χ3n) is 5.51. The molecule has 9 heteroatoms. The zero-order chi connectivity index (χ0) is 23.6. The summed E-state index contributed by atoms with van der Waals surface area (Å²) in [5.41, 5.74) is 4.75. The monoisotopic (exact) mass is 467 g/mol. The summed E-state index contributed by atoms with van der Waals surface area (Å²) in [6, 6.07) is 19.8. The zero-order valence-corrected chi connectivity index (χ0v) is 18.2. The number of aliphatic carboxylic acids is 1. The Bertz CT molecular complexity index is 1260. The van der Waals surface area contributed by atoms with Crippen LogP contribution in [0, 0.1) is 0 Å². The van der Waals surface area contributed by atoms with Crippen molar-refractivity contribution in [3.05, 3.63) is 95.1 Å². The second-order valence-corrected chi connectivity index (χ2v) is 9.16. The van der Waals surface area contributed by atoms with Crippen LogP contribution < -0.4 is 5.32 Å². The maximum absolute atomic E-state index is 12.5. The summed E-state index contributed by atoms with van der Waals surface area (Å²) in [5.74, 6) is -2.05. The number of alkyl carbamates (subject to hydrolysis) is 1. The molecule has 0 saturated heterocycles. The first kappa shape index (κ1) is 22.5. The van der Waals surface area contributed by atoms with Gasteiger partial charge in [0.1, 0.15) is 12.4 Å². The van der Waals surface area contributed by atoms with Gasteiger partial charge in [0.2, 0.25) is 0 Å². The van der Waals surface area contributed by atoms with Crippen molar-refractivity contribution in [1.29, 1.82) is 0 Å². The molecule has 0 fully saturated rings. The van der Waals surface area contributed by atoms with E-state index in [-0.39, 0.29) is 23.7 Å². The molecule has 0 unspecified atom stereocenters. The van der Waals surface area contributed by atoms with Crippen LogP contribution in [0.3, 0.4) is 0 Å². The van der Waals surface area contributed by atoms with Gasteiger partial charge in [0.15, 0.2) is 6.04 Å². The van der Waals surface area contributed by atoms with E-state index in [0.717, 1.165) is 22.3 Å². The van der Waals surface area contributed by atoms with E-state index in [2.05, 4.69) is 5.32 Å². The van der Waals surface area contributed by atoms with Crippen molar-refractivity contribution in [2.24, 2.45) is 0 Å². The van der Waals surface area contributed by atoms with E-state index in [9.17, 15) is 23.1 Å². The van der Waals surface area contributed by atoms with Gasteiger partial charge in [-0.15, -0.1) is 0 Å². The lowest BCUT2D eigenvalue weighted by atomic mass is 9.98. The van der Waals surface area contributed by atoms with Crippen LogP contribution in [-0.2, 0) is 25.4 Å². The number of carboxylic acid groups (broad SMARTS) is 1. The molecular formula is C24H21NO7S. The average Bonchev–Trinajstić information content (AvgIpc) is 3.09. The molecule has 3 aromatic rings. The largest absolute Gasteiger partial charge is 0.479 e. The molecule has 1 atom stereocenters. The van der Waals surface area contributed by atoms with Crippen molar-refractivity contribution < 1.29 is 32.4 Å². The molecule has 3 aromatic carbocycles. The molecule has 0 bridgehead atoms. The Labute approximate surface area is 190 Å². The van der Waals surface area contributed by atoms with Gasteiger partial charge in [-0.05, 0) is 33.4 Å². The summed E-state index contributed by atoms with van der Waals surface area (Å²) in [5, 5.41) is 11.9. The fourth-order valence-electron chi connectivity index (χ4n) is 4.06. The van der Waals surface area contributed by atoms with E-state index >= 15 is 0 Å². The molecule has 4 rings (SSSR count). The Kier molecular flexibility index (Phi) is 6.17. The van der Waals surface area contributed by atoms with Crippen LogP contribution in [0.15, 0.2) is 72.8 Å². The average molecular weight is 467 g/mol. The Morgan fingerprint density at radius 1 is 0.909 bits per heavy atom. The molecule has 0 spiro atoms. The van der Waals surface area contributed by atoms with Crippen molar-refractivity contribution in [1.82, 2.24) is 5.32 Å². The molecule has 33 heavy (non-hydrogen) atoms. The zero-order valence-electron chi connectivity index (χ0n) is 17.3. The number of ether oxygens (including phenoxy) is 1. The number of nitrogens with one attached hydrogen (secondary N) is 1. The number of fused-ring (bicyclic) bond motifs is 3. The fraction of sp³-hybridized carbons (Fsp3) is 0.167. The number of hydrogen-bond acceptors (Lipinski definition) is 5. The topological polar surface area (TPSA) is 130 Å². The standard InChI is InChI=1S/C24H21NO7S/c26-23(27)22(16-11-9-15(10-12-16)14-33(29,30)31)25-24(28)32-13-21-19-7-3-1-5-17(19)18-6-2-4-8-20(18)21/h1-12,21-22H,13-14H2,(H,25,28)(H,26,27)(H,29,30,31)/t22-/m0/s1. The molecule has 0 saturated carbocycles. The van der Waals surface area contributed by atoms with Gasteiger partial charge in [0.25, 0.3) is 10.1 Å². The van der Waals surface area contributed by atoms with Crippen LogP contribution in [0.2, 0.25) is 0 Å². The summed E-state index contributed by atoms with van der Waals surface area (Å²) < 4.78 is 36.3. The number of carboxylic acids is 1. The van der Waals surface area contributed by atoms with Crippen molar-refractivity contribution in [2.75, 3.05) is 6.61 Å². The van der Waals surface area contributed by atoms with E-state index < -0.39 is 34.0 Å². The van der Waals surface area contributed by atoms with E-state index in [4.69, 9.17) is 9.29 Å². The Morgan fingerprint density at radius 3 is 1.97 bits per heavy atom. The summed E-state index contributed by atoms with van der Waals surface area (Å²) in [4.78, 5) is 24.2. The first-order valence-corrected chi connectivity index (χ1v) is 11.7. The molecule has 3 N–H and O–H groups in total. The molecule has 1 aliphatic carbocycles. The molecule has 1 aliphatic rings. The highest BCUT2D eigenvalue weighted by Gasteiger charge is 2.30. The summed E-state index contributed by atoms with van der Waals surface area (Å²) in [7, 11) is -4.21. The Hall–Kier alpha value is -3.69. The van der Waals surface area contributed by atoms with Gasteiger partial charge in [-0.3, -0.25) is 4.55 Å². The highest BCUT2D eigenvalue weighted by atomic mass is 32.2. The Morgan fingerprint density at radius 2 is 1.45 bits per heavy atom. The molecule has 170 valence electrons. The van der Waals surface area contributed by atoms with E-state index in [1.807, 2.05) is 48.5 Å². The predicted octanol–water partition coefficient (Wildman–Crippen LogP) is 3.74. The fourth-order valence-corrected chi connectivity index (χ4v) is 4.68. The van der Waals surface area contributed by atoms with Crippen LogP contribution >= 0.6 is 0 Å². The van der Waals surface area contributed by atoms with Gasteiger partial charge in [-0.2, -0.15) is 8.42 Å². The van der Waals surface area contributed by atoms with Crippen LogP contribution in [0.25, 0.3) is 11.1 Å². The van der Waals surface area contributed by atoms with Crippen molar-refractivity contribution >= 4 is 22.2 Å². The minimum absolute atomic E-state index is 0.0412. The normalized spacial score (nSPS) is 13.6. The van der Waals surface area contributed by atoms with Gasteiger partial charge in [-0.1, -0.05) is 72.8 Å². The lowest BCUT2D eigenvalue weighted by molar-refractivity contribution is -0.139. The highest BCUT2D eigenvalue weighted by Crippen LogP contribution is 2.44. The highest BCUT2D eigenvalue weighted by molar-refractivity contribution is 7.85. The second-order valence-electron chi connectivity index (χ2n) is 7.71. The Balaban J connectivity index is 1.45. The molecule has 0 radical (unpaired) electrons. The van der Waals surface area contributed by atoms with Gasteiger partial charge in [0, 0.05) is 5.92 Å². The van der Waals surface area contributed by atoms with Gasteiger partial charge in [0.05, 0.1) is 0 Å². The van der Waals surface area contributed by atoms with Crippen LogP contribution in [-0.4, -0.2) is 36.7 Å². The molecule has 8 nitrogen and oxygen atoms in total. The predicted molar refractivity (Wildman–Crippen MR) is 120 cm³/mol. The minimum atomic E-state index is -4.21. The van der Waals surface area contributed by atoms with E-state index in [1.165, 1.54) is 24.3 Å². The third kappa shape index (κ3) is 5.05.